The molecule has 1 heterocycles. The van der Waals surface area contributed by atoms with Crippen molar-refractivity contribution in [2.75, 3.05) is 12.4 Å². The summed E-state index contributed by atoms with van der Waals surface area (Å²) in [6.07, 6.45) is 0.236. The molecule has 0 aliphatic carbocycles. The Bertz CT molecular complexity index is 538. The lowest BCUT2D eigenvalue weighted by Crippen LogP contribution is -2.15. The smallest absolute Gasteiger partial charge is 0.336 e. The molecule has 7 heteroatoms. The normalized spacial score (nSPS) is 10.1. The number of halogens is 1. The number of hydrogen-bond donors (Lipinski definition) is 2. The van der Waals surface area contributed by atoms with E-state index in [0.29, 0.717) is 5.02 Å². The van der Waals surface area contributed by atoms with Gasteiger partial charge in [-0.1, -0.05) is 23.7 Å². The number of nitrogens with zero attached hydrogens (tertiary/aromatic N) is 2. The number of rotatable bonds is 4. The van der Waals surface area contributed by atoms with E-state index >= 15 is 0 Å². The minimum absolute atomic E-state index is 0.178. The first-order valence-corrected chi connectivity index (χ1v) is 5.56. The van der Waals surface area contributed by atoms with Gasteiger partial charge < -0.3 is 4.74 Å². The summed E-state index contributed by atoms with van der Waals surface area (Å²) in [6, 6.07) is 7.24. The van der Waals surface area contributed by atoms with Gasteiger partial charge >= 0.3 is 6.01 Å². The molecule has 6 nitrogen and oxygen atoms in total. The molecule has 1 aromatic heterocycles. The lowest BCUT2D eigenvalue weighted by molar-refractivity contribution is -0.115. The number of ether oxygens (including phenoxy) is 1. The van der Waals surface area contributed by atoms with Gasteiger partial charge in [-0.05, 0) is 17.7 Å². The van der Waals surface area contributed by atoms with Gasteiger partial charge in [0.1, 0.15) is 0 Å². The van der Waals surface area contributed by atoms with Crippen molar-refractivity contribution >= 4 is 23.5 Å². The average Bonchev–Trinajstić information content (AvgIpc) is 2.79. The molecule has 18 heavy (non-hydrogen) atoms. The van der Waals surface area contributed by atoms with Crippen molar-refractivity contribution < 1.29 is 9.53 Å². The zero-order chi connectivity index (χ0) is 13.0. The Labute approximate surface area is 108 Å². The van der Waals surface area contributed by atoms with Crippen LogP contribution in [0.5, 0.6) is 6.01 Å². The van der Waals surface area contributed by atoms with Crippen molar-refractivity contribution in [1.29, 1.82) is 0 Å². The zero-order valence-corrected chi connectivity index (χ0v) is 10.4. The van der Waals surface area contributed by atoms with Crippen LogP contribution >= 0.6 is 11.6 Å². The second kappa shape index (κ2) is 5.50. The van der Waals surface area contributed by atoms with Crippen molar-refractivity contribution in [3.05, 3.63) is 34.9 Å². The Kier molecular flexibility index (Phi) is 3.78. The van der Waals surface area contributed by atoms with Gasteiger partial charge in [-0.25, -0.2) is 5.10 Å². The van der Waals surface area contributed by atoms with E-state index in [9.17, 15) is 4.79 Å². The molecule has 0 saturated carbocycles. The number of hydrogen-bond acceptors (Lipinski definition) is 4. The quantitative estimate of drug-likeness (QED) is 0.882. The number of carbonyl (C=O) groups excluding carboxylic acids is 1. The van der Waals surface area contributed by atoms with Gasteiger partial charge in [0.05, 0.1) is 13.5 Å². The van der Waals surface area contributed by atoms with Crippen LogP contribution in [0.2, 0.25) is 5.02 Å². The molecule has 0 saturated heterocycles. The SMILES string of the molecule is COc1n[nH]c(NC(=O)Cc2ccc(Cl)cc2)n1. The summed E-state index contributed by atoms with van der Waals surface area (Å²) in [5.41, 5.74) is 0.864. The predicted molar refractivity (Wildman–Crippen MR) is 66.7 cm³/mol. The van der Waals surface area contributed by atoms with E-state index in [1.54, 1.807) is 24.3 Å². The highest BCUT2D eigenvalue weighted by molar-refractivity contribution is 6.30. The van der Waals surface area contributed by atoms with Gasteiger partial charge in [-0.3, -0.25) is 10.1 Å². The Morgan fingerprint density at radius 1 is 1.44 bits per heavy atom. The maximum absolute atomic E-state index is 11.7. The third-order valence-electron chi connectivity index (χ3n) is 2.18. The van der Waals surface area contributed by atoms with Crippen LogP contribution in [0.4, 0.5) is 5.95 Å². The second-order valence-corrected chi connectivity index (χ2v) is 3.96. The summed E-state index contributed by atoms with van der Waals surface area (Å²) in [5.74, 6) is 0.0574. The number of H-pyrrole nitrogens is 1. The topological polar surface area (TPSA) is 79.9 Å². The highest BCUT2D eigenvalue weighted by Gasteiger charge is 2.08. The van der Waals surface area contributed by atoms with E-state index in [4.69, 9.17) is 16.3 Å². The van der Waals surface area contributed by atoms with Gasteiger partial charge in [0, 0.05) is 5.02 Å². The fraction of sp³-hybridized carbons (Fsp3) is 0.182. The molecule has 0 bridgehead atoms. The number of carbonyl (C=O) groups is 1. The number of amides is 1. The van der Waals surface area contributed by atoms with Crippen molar-refractivity contribution in [2.24, 2.45) is 0 Å². The van der Waals surface area contributed by atoms with E-state index in [-0.39, 0.29) is 24.3 Å². The van der Waals surface area contributed by atoms with Crippen LogP contribution in [0.3, 0.4) is 0 Å². The number of methoxy groups -OCH3 is 1. The summed E-state index contributed by atoms with van der Waals surface area (Å²) in [7, 11) is 1.45. The van der Waals surface area contributed by atoms with E-state index in [2.05, 4.69) is 20.5 Å². The molecule has 0 radical (unpaired) electrons. The molecule has 94 valence electrons. The molecule has 0 aliphatic rings. The second-order valence-electron chi connectivity index (χ2n) is 3.52. The fourth-order valence-electron chi connectivity index (χ4n) is 1.36. The predicted octanol–water partition coefficient (Wildman–Crippen LogP) is 1.65. The molecule has 2 aromatic rings. The number of nitrogens with one attached hydrogen (secondary N) is 2. The van der Waals surface area contributed by atoms with Crippen LogP contribution in [0.25, 0.3) is 0 Å². The van der Waals surface area contributed by atoms with Crippen molar-refractivity contribution in [3.63, 3.8) is 0 Å². The number of anilines is 1. The van der Waals surface area contributed by atoms with Crippen LogP contribution in [-0.2, 0) is 11.2 Å². The van der Waals surface area contributed by atoms with Gasteiger partial charge in [-0.15, -0.1) is 5.10 Å². The Hall–Kier alpha value is -2.08. The van der Waals surface area contributed by atoms with Crippen LogP contribution in [0.1, 0.15) is 5.56 Å². The first-order valence-electron chi connectivity index (χ1n) is 5.18. The molecule has 2 rings (SSSR count). The summed E-state index contributed by atoms with van der Waals surface area (Å²) in [6.45, 7) is 0. The molecule has 0 aliphatic heterocycles. The number of benzene rings is 1. The van der Waals surface area contributed by atoms with Crippen molar-refractivity contribution in [2.45, 2.75) is 6.42 Å². The van der Waals surface area contributed by atoms with Crippen molar-refractivity contribution in [3.8, 4) is 6.01 Å². The average molecular weight is 267 g/mol. The largest absolute Gasteiger partial charge is 0.466 e. The van der Waals surface area contributed by atoms with Gasteiger partial charge in [0.15, 0.2) is 0 Å². The molecule has 1 aromatic carbocycles. The Balaban J connectivity index is 1.94. The maximum Gasteiger partial charge on any atom is 0.336 e. The Morgan fingerprint density at radius 2 is 2.17 bits per heavy atom. The highest BCUT2D eigenvalue weighted by Crippen LogP contribution is 2.11. The molecule has 1 amide bonds. The lowest BCUT2D eigenvalue weighted by atomic mass is 10.1. The molecule has 0 atom stereocenters. The standard InChI is InChI=1S/C11H11ClN4O2/c1-18-11-14-10(15-16-11)13-9(17)6-7-2-4-8(12)5-3-7/h2-5H,6H2,1H3,(H2,13,14,15,16,17). The lowest BCUT2D eigenvalue weighted by Gasteiger charge is -2.01. The van der Waals surface area contributed by atoms with Crippen LogP contribution < -0.4 is 10.1 Å². The number of aromatic amines is 1. The minimum atomic E-state index is -0.198. The van der Waals surface area contributed by atoms with Crippen LogP contribution in [-0.4, -0.2) is 28.2 Å². The molecule has 0 unspecified atom stereocenters. The first kappa shape index (κ1) is 12.4. The molecular weight excluding hydrogens is 256 g/mol. The zero-order valence-electron chi connectivity index (χ0n) is 9.61. The minimum Gasteiger partial charge on any atom is -0.466 e. The van der Waals surface area contributed by atoms with Crippen LogP contribution in [0, 0.1) is 0 Å². The van der Waals surface area contributed by atoms with E-state index < -0.39 is 0 Å². The highest BCUT2D eigenvalue weighted by atomic mass is 35.5. The third-order valence-corrected chi connectivity index (χ3v) is 2.44. The van der Waals surface area contributed by atoms with E-state index in [1.807, 2.05) is 0 Å². The number of aromatic nitrogens is 3. The van der Waals surface area contributed by atoms with Gasteiger partial charge in [0.25, 0.3) is 0 Å². The summed E-state index contributed by atoms with van der Waals surface area (Å²) < 4.78 is 4.79. The van der Waals surface area contributed by atoms with E-state index in [0.717, 1.165) is 5.56 Å². The third kappa shape index (κ3) is 3.21. The molecule has 0 spiro atoms. The van der Waals surface area contributed by atoms with Gasteiger partial charge in [0.2, 0.25) is 11.9 Å². The molecular formula is C11H11ClN4O2. The molecule has 2 N–H and O–H groups in total. The summed E-state index contributed by atoms with van der Waals surface area (Å²) in [4.78, 5) is 15.6. The summed E-state index contributed by atoms with van der Waals surface area (Å²) in [5, 5.41) is 9.48. The molecule has 0 fully saturated rings. The fourth-order valence-corrected chi connectivity index (χ4v) is 1.48. The summed E-state index contributed by atoms with van der Waals surface area (Å²) >= 11 is 5.76. The van der Waals surface area contributed by atoms with Crippen LogP contribution in [0.15, 0.2) is 24.3 Å². The van der Waals surface area contributed by atoms with Crippen molar-refractivity contribution in [1.82, 2.24) is 15.2 Å². The van der Waals surface area contributed by atoms with E-state index in [1.165, 1.54) is 7.11 Å². The first-order chi connectivity index (χ1) is 8.67. The maximum atomic E-state index is 11.7. The van der Waals surface area contributed by atoms with Gasteiger partial charge in [-0.2, -0.15) is 4.98 Å². The monoisotopic (exact) mass is 266 g/mol. The Morgan fingerprint density at radius 3 is 2.78 bits per heavy atom.